The quantitative estimate of drug-likeness (QED) is 0.665. The molecule has 22 heavy (non-hydrogen) atoms. The van der Waals surface area contributed by atoms with Crippen LogP contribution in [0.25, 0.3) is 0 Å². The summed E-state index contributed by atoms with van der Waals surface area (Å²) in [6.45, 7) is 4.24. The number of non-ortho nitro benzene ring substituents is 1. The minimum Gasteiger partial charge on any atom is -0.258 e. The number of nitrogens with one attached hydrogen (secondary N) is 1. The molecule has 2 rings (SSSR count). The van der Waals surface area contributed by atoms with Crippen LogP contribution >= 0.6 is 0 Å². The molecule has 0 heterocycles. The fourth-order valence-corrected chi connectivity index (χ4v) is 4.46. The lowest BCUT2D eigenvalue weighted by Gasteiger charge is -2.34. The Morgan fingerprint density at radius 2 is 1.86 bits per heavy atom. The van der Waals surface area contributed by atoms with Gasteiger partial charge < -0.3 is 0 Å². The molecule has 1 aliphatic carbocycles. The highest BCUT2D eigenvalue weighted by Crippen LogP contribution is 2.30. The van der Waals surface area contributed by atoms with E-state index in [1.807, 2.05) is 0 Å². The standard InChI is InChI=1S/C15H22N2O4S/c1-11-4-3-5-15(12(11)2)16-22(20,21)10-13-6-8-14(9-7-13)17(18)19/h6-9,11-12,15-16H,3-5,10H2,1-2H3/t11-,12-,15+/m1/s1. The molecule has 6 nitrogen and oxygen atoms in total. The molecule has 0 amide bonds. The second kappa shape index (κ2) is 6.75. The van der Waals surface area contributed by atoms with Crippen molar-refractivity contribution < 1.29 is 13.3 Å². The molecular formula is C15H22N2O4S. The van der Waals surface area contributed by atoms with Crippen LogP contribution in [0.15, 0.2) is 24.3 Å². The zero-order valence-corrected chi connectivity index (χ0v) is 13.7. The third kappa shape index (κ3) is 4.27. The molecule has 1 fully saturated rings. The number of nitro groups is 1. The number of sulfonamides is 1. The van der Waals surface area contributed by atoms with Crippen molar-refractivity contribution in [2.24, 2.45) is 11.8 Å². The average molecular weight is 326 g/mol. The second-order valence-corrected chi connectivity index (χ2v) is 7.93. The van der Waals surface area contributed by atoms with E-state index in [1.54, 1.807) is 0 Å². The minimum absolute atomic E-state index is 0.0215. The lowest BCUT2D eigenvalue weighted by Crippen LogP contribution is -2.44. The zero-order valence-electron chi connectivity index (χ0n) is 12.9. The Balaban J connectivity index is 2.03. The van der Waals surface area contributed by atoms with Crippen LogP contribution < -0.4 is 4.72 Å². The summed E-state index contributed by atoms with van der Waals surface area (Å²) in [5.74, 6) is 0.684. The third-order valence-corrected chi connectivity index (χ3v) is 5.92. The van der Waals surface area contributed by atoms with Gasteiger partial charge in [-0.05, 0) is 23.8 Å². The Morgan fingerprint density at radius 1 is 1.23 bits per heavy atom. The first-order valence-corrected chi connectivity index (χ1v) is 9.17. The Labute approximate surface area is 131 Å². The summed E-state index contributed by atoms with van der Waals surface area (Å²) in [7, 11) is -3.44. The maximum Gasteiger partial charge on any atom is 0.269 e. The molecule has 7 heteroatoms. The van der Waals surface area contributed by atoms with Crippen LogP contribution in [0, 0.1) is 22.0 Å². The topological polar surface area (TPSA) is 89.3 Å². The average Bonchev–Trinajstić information content (AvgIpc) is 2.44. The molecule has 3 atom stereocenters. The predicted octanol–water partition coefficient (Wildman–Crippen LogP) is 2.84. The van der Waals surface area contributed by atoms with Gasteiger partial charge in [0, 0.05) is 18.2 Å². The Kier molecular flexibility index (Phi) is 5.18. The van der Waals surface area contributed by atoms with E-state index in [0.717, 1.165) is 19.3 Å². The van der Waals surface area contributed by atoms with Gasteiger partial charge >= 0.3 is 0 Å². The number of nitrogens with zero attached hydrogens (tertiary/aromatic N) is 1. The number of hydrogen-bond acceptors (Lipinski definition) is 4. The summed E-state index contributed by atoms with van der Waals surface area (Å²) < 4.78 is 27.4. The van der Waals surface area contributed by atoms with Crippen LogP contribution in [0.2, 0.25) is 0 Å². The predicted molar refractivity (Wildman–Crippen MR) is 84.8 cm³/mol. The largest absolute Gasteiger partial charge is 0.269 e. The van der Waals surface area contributed by atoms with Crippen molar-refractivity contribution in [3.05, 3.63) is 39.9 Å². The molecule has 1 N–H and O–H groups in total. The summed E-state index contributed by atoms with van der Waals surface area (Å²) in [6, 6.07) is 5.62. The lowest BCUT2D eigenvalue weighted by atomic mass is 9.78. The first-order chi connectivity index (χ1) is 10.3. The van der Waals surface area contributed by atoms with Gasteiger partial charge in [0.2, 0.25) is 10.0 Å². The van der Waals surface area contributed by atoms with Crippen molar-refractivity contribution in [3.8, 4) is 0 Å². The number of rotatable bonds is 5. The fourth-order valence-electron chi connectivity index (χ4n) is 2.95. The van der Waals surface area contributed by atoms with E-state index in [4.69, 9.17) is 0 Å². The summed E-state index contributed by atoms with van der Waals surface area (Å²) >= 11 is 0. The van der Waals surface area contributed by atoms with E-state index >= 15 is 0 Å². The van der Waals surface area contributed by atoms with Crippen LogP contribution in [0.1, 0.15) is 38.7 Å². The van der Waals surface area contributed by atoms with E-state index in [2.05, 4.69) is 18.6 Å². The van der Waals surface area contributed by atoms with Gasteiger partial charge in [-0.25, -0.2) is 13.1 Å². The van der Waals surface area contributed by atoms with E-state index < -0.39 is 14.9 Å². The van der Waals surface area contributed by atoms with Crippen LogP contribution in [0.4, 0.5) is 5.69 Å². The molecule has 1 saturated carbocycles. The minimum atomic E-state index is -3.44. The van der Waals surface area contributed by atoms with Gasteiger partial charge in [0.25, 0.3) is 5.69 Å². The zero-order chi connectivity index (χ0) is 16.3. The summed E-state index contributed by atoms with van der Waals surface area (Å²) in [5, 5.41) is 10.6. The Bertz CT molecular complexity index is 627. The fraction of sp³-hybridized carbons (Fsp3) is 0.600. The van der Waals surface area contributed by atoms with Gasteiger partial charge in [-0.2, -0.15) is 0 Å². The molecule has 0 unspecified atom stereocenters. The maximum absolute atomic E-state index is 12.3. The van der Waals surface area contributed by atoms with Crippen LogP contribution in [0.3, 0.4) is 0 Å². The third-order valence-electron chi connectivity index (χ3n) is 4.54. The molecule has 0 aromatic heterocycles. The molecule has 0 bridgehead atoms. The molecule has 0 aliphatic heterocycles. The number of hydrogen-bond donors (Lipinski definition) is 1. The monoisotopic (exact) mass is 326 g/mol. The molecular weight excluding hydrogens is 304 g/mol. The molecule has 122 valence electrons. The maximum atomic E-state index is 12.3. The van der Waals surface area contributed by atoms with E-state index in [-0.39, 0.29) is 17.5 Å². The van der Waals surface area contributed by atoms with Gasteiger partial charge in [0.15, 0.2) is 0 Å². The Hall–Kier alpha value is -1.47. The van der Waals surface area contributed by atoms with E-state index in [1.165, 1.54) is 24.3 Å². The molecule has 1 aliphatic rings. The van der Waals surface area contributed by atoms with Crippen LogP contribution in [0.5, 0.6) is 0 Å². The highest BCUT2D eigenvalue weighted by atomic mass is 32.2. The SMILES string of the molecule is C[C@@H]1[C@H](C)CCC[C@@H]1NS(=O)(=O)Cc1ccc([N+](=O)[O-])cc1. The van der Waals surface area contributed by atoms with Crippen LogP contribution in [-0.4, -0.2) is 19.4 Å². The molecule has 1 aromatic rings. The molecule has 0 saturated heterocycles. The van der Waals surface area contributed by atoms with E-state index in [0.29, 0.717) is 17.4 Å². The smallest absolute Gasteiger partial charge is 0.258 e. The van der Waals surface area contributed by atoms with Crippen molar-refractivity contribution in [2.45, 2.75) is 44.9 Å². The number of nitro benzene ring substituents is 1. The van der Waals surface area contributed by atoms with Gasteiger partial charge in [0.1, 0.15) is 0 Å². The van der Waals surface area contributed by atoms with Gasteiger partial charge in [0.05, 0.1) is 10.7 Å². The van der Waals surface area contributed by atoms with Gasteiger partial charge in [-0.15, -0.1) is 0 Å². The summed E-state index contributed by atoms with van der Waals surface area (Å²) in [5.41, 5.74) is 0.512. The normalized spacial score (nSPS) is 25.8. The first kappa shape index (κ1) is 16.9. The summed E-state index contributed by atoms with van der Waals surface area (Å²) in [6.07, 6.45) is 3.04. The molecule has 1 aromatic carbocycles. The second-order valence-electron chi connectivity index (χ2n) is 6.17. The number of benzene rings is 1. The Morgan fingerprint density at radius 3 is 2.45 bits per heavy atom. The van der Waals surface area contributed by atoms with Crippen molar-refractivity contribution >= 4 is 15.7 Å². The lowest BCUT2D eigenvalue weighted by molar-refractivity contribution is -0.384. The van der Waals surface area contributed by atoms with E-state index in [9.17, 15) is 18.5 Å². The van der Waals surface area contributed by atoms with Crippen molar-refractivity contribution in [1.82, 2.24) is 4.72 Å². The van der Waals surface area contributed by atoms with Gasteiger partial charge in [-0.3, -0.25) is 10.1 Å². The van der Waals surface area contributed by atoms with Crippen molar-refractivity contribution in [1.29, 1.82) is 0 Å². The first-order valence-electron chi connectivity index (χ1n) is 7.52. The van der Waals surface area contributed by atoms with Crippen molar-refractivity contribution in [2.75, 3.05) is 0 Å². The highest BCUT2D eigenvalue weighted by Gasteiger charge is 2.30. The summed E-state index contributed by atoms with van der Waals surface area (Å²) in [4.78, 5) is 10.1. The highest BCUT2D eigenvalue weighted by molar-refractivity contribution is 7.88. The van der Waals surface area contributed by atoms with Crippen LogP contribution in [-0.2, 0) is 15.8 Å². The molecule has 0 spiro atoms. The van der Waals surface area contributed by atoms with Gasteiger partial charge in [-0.1, -0.05) is 38.8 Å². The van der Waals surface area contributed by atoms with Crippen molar-refractivity contribution in [3.63, 3.8) is 0 Å². The molecule has 0 radical (unpaired) electrons.